The molecule has 0 saturated heterocycles. The molecule has 4 nitrogen and oxygen atoms in total. The number of nitro benzene ring substituents is 1. The zero-order valence-electron chi connectivity index (χ0n) is 9.75. The van der Waals surface area contributed by atoms with Gasteiger partial charge in [0.2, 0.25) is 0 Å². The SMILES string of the molecule is O=[N+]([O-])c1ccc(Sc2cccc(F)c2CO)cc1. The molecule has 6 heteroatoms. The molecule has 2 rings (SSSR count). The molecule has 0 spiro atoms. The number of hydrogen-bond donors (Lipinski definition) is 1. The Morgan fingerprint density at radius 1 is 1.21 bits per heavy atom. The minimum atomic E-state index is -0.476. The van der Waals surface area contributed by atoms with E-state index >= 15 is 0 Å². The Balaban J connectivity index is 2.26. The number of halogens is 1. The second kappa shape index (κ2) is 5.81. The average molecular weight is 279 g/mol. The largest absolute Gasteiger partial charge is 0.392 e. The number of nitrogens with zero attached hydrogens (tertiary/aromatic N) is 1. The molecule has 2 aromatic carbocycles. The van der Waals surface area contributed by atoms with Crippen molar-refractivity contribution in [1.82, 2.24) is 0 Å². The van der Waals surface area contributed by atoms with Crippen molar-refractivity contribution >= 4 is 17.4 Å². The summed E-state index contributed by atoms with van der Waals surface area (Å²) in [4.78, 5) is 11.4. The lowest BCUT2D eigenvalue weighted by atomic mass is 10.2. The van der Waals surface area contributed by atoms with Gasteiger partial charge in [0.05, 0.1) is 11.5 Å². The monoisotopic (exact) mass is 279 g/mol. The normalized spacial score (nSPS) is 10.4. The molecule has 0 aliphatic rings. The topological polar surface area (TPSA) is 63.4 Å². The van der Waals surface area contributed by atoms with Crippen molar-refractivity contribution in [3.8, 4) is 0 Å². The smallest absolute Gasteiger partial charge is 0.269 e. The molecule has 0 saturated carbocycles. The van der Waals surface area contributed by atoms with Crippen LogP contribution in [-0.4, -0.2) is 10.0 Å². The van der Waals surface area contributed by atoms with Crippen LogP contribution in [-0.2, 0) is 6.61 Å². The summed E-state index contributed by atoms with van der Waals surface area (Å²) in [7, 11) is 0. The fourth-order valence-electron chi connectivity index (χ4n) is 1.55. The number of rotatable bonds is 4. The fraction of sp³-hybridized carbons (Fsp3) is 0.0769. The Kier molecular flexibility index (Phi) is 4.13. The first-order valence-corrected chi connectivity index (χ1v) is 6.24. The molecule has 98 valence electrons. The summed E-state index contributed by atoms with van der Waals surface area (Å²) in [5.41, 5.74) is 0.233. The van der Waals surface area contributed by atoms with E-state index in [4.69, 9.17) is 5.11 Å². The van der Waals surface area contributed by atoms with Gasteiger partial charge in [-0.05, 0) is 24.3 Å². The van der Waals surface area contributed by atoms with Crippen molar-refractivity contribution in [2.24, 2.45) is 0 Å². The lowest BCUT2D eigenvalue weighted by Crippen LogP contribution is -1.92. The minimum Gasteiger partial charge on any atom is -0.392 e. The molecule has 0 unspecified atom stereocenters. The summed E-state index contributed by atoms with van der Waals surface area (Å²) in [6, 6.07) is 10.5. The van der Waals surface area contributed by atoms with Gasteiger partial charge in [-0.1, -0.05) is 17.8 Å². The first-order chi connectivity index (χ1) is 9.11. The Labute approximate surface area is 113 Å². The van der Waals surface area contributed by atoms with Crippen LogP contribution < -0.4 is 0 Å². The number of benzene rings is 2. The molecule has 0 aliphatic carbocycles. The average Bonchev–Trinajstić information content (AvgIpc) is 2.39. The van der Waals surface area contributed by atoms with Crippen molar-refractivity contribution in [3.05, 3.63) is 64.0 Å². The third-order valence-corrected chi connectivity index (χ3v) is 3.62. The van der Waals surface area contributed by atoms with Gasteiger partial charge >= 0.3 is 0 Å². The maximum absolute atomic E-state index is 13.5. The molecule has 0 radical (unpaired) electrons. The van der Waals surface area contributed by atoms with Gasteiger partial charge in [-0.25, -0.2) is 4.39 Å². The van der Waals surface area contributed by atoms with E-state index in [1.807, 2.05) is 0 Å². The van der Waals surface area contributed by atoms with Crippen LogP contribution in [0.1, 0.15) is 5.56 Å². The third kappa shape index (κ3) is 3.10. The quantitative estimate of drug-likeness (QED) is 0.688. The third-order valence-electron chi connectivity index (χ3n) is 2.51. The predicted molar refractivity (Wildman–Crippen MR) is 69.5 cm³/mol. The van der Waals surface area contributed by atoms with Gasteiger partial charge < -0.3 is 5.11 Å². The van der Waals surface area contributed by atoms with Crippen LogP contribution in [0, 0.1) is 15.9 Å². The van der Waals surface area contributed by atoms with Gasteiger partial charge in [0, 0.05) is 27.5 Å². The molecule has 0 heterocycles. The van der Waals surface area contributed by atoms with E-state index < -0.39 is 10.7 Å². The predicted octanol–water partition coefficient (Wildman–Crippen LogP) is 3.38. The highest BCUT2D eigenvalue weighted by Crippen LogP contribution is 2.32. The Bertz CT molecular complexity index is 601. The molecule has 2 aromatic rings. The van der Waals surface area contributed by atoms with Gasteiger partial charge in [-0.15, -0.1) is 0 Å². The maximum atomic E-state index is 13.5. The molecule has 0 atom stereocenters. The number of non-ortho nitro benzene ring substituents is 1. The van der Waals surface area contributed by atoms with Gasteiger partial charge in [0.15, 0.2) is 0 Å². The van der Waals surface area contributed by atoms with E-state index in [9.17, 15) is 14.5 Å². The first-order valence-electron chi connectivity index (χ1n) is 5.42. The highest BCUT2D eigenvalue weighted by Gasteiger charge is 2.10. The van der Waals surface area contributed by atoms with Crippen LogP contribution in [0.3, 0.4) is 0 Å². The minimum absolute atomic E-state index is 0.00553. The van der Waals surface area contributed by atoms with E-state index in [1.54, 1.807) is 24.3 Å². The van der Waals surface area contributed by atoms with Crippen LogP contribution in [0.5, 0.6) is 0 Å². The summed E-state index contributed by atoms with van der Waals surface area (Å²) in [5.74, 6) is -0.464. The molecule has 1 N–H and O–H groups in total. The first kappa shape index (κ1) is 13.5. The zero-order valence-corrected chi connectivity index (χ0v) is 10.6. The van der Waals surface area contributed by atoms with E-state index in [0.717, 1.165) is 4.90 Å². The van der Waals surface area contributed by atoms with Gasteiger partial charge in [0.1, 0.15) is 5.82 Å². The van der Waals surface area contributed by atoms with Crippen molar-refractivity contribution in [2.75, 3.05) is 0 Å². The van der Waals surface area contributed by atoms with E-state index in [0.29, 0.717) is 4.90 Å². The molecule has 0 amide bonds. The van der Waals surface area contributed by atoms with Crippen molar-refractivity contribution in [3.63, 3.8) is 0 Å². The summed E-state index contributed by atoms with van der Waals surface area (Å²) >= 11 is 1.25. The summed E-state index contributed by atoms with van der Waals surface area (Å²) in [5, 5.41) is 19.7. The molecule has 0 bridgehead atoms. The van der Waals surface area contributed by atoms with Crippen LogP contribution in [0.2, 0.25) is 0 Å². The highest BCUT2D eigenvalue weighted by molar-refractivity contribution is 7.99. The van der Waals surface area contributed by atoms with Crippen molar-refractivity contribution in [1.29, 1.82) is 0 Å². The second-order valence-corrected chi connectivity index (χ2v) is 4.84. The Morgan fingerprint density at radius 2 is 1.89 bits per heavy atom. The molecular formula is C13H10FNO3S. The molecule has 0 aromatic heterocycles. The maximum Gasteiger partial charge on any atom is 0.269 e. The van der Waals surface area contributed by atoms with E-state index in [-0.39, 0.29) is 17.9 Å². The van der Waals surface area contributed by atoms with Crippen LogP contribution in [0.15, 0.2) is 52.3 Å². The second-order valence-electron chi connectivity index (χ2n) is 3.73. The summed E-state index contributed by atoms with van der Waals surface area (Å²) < 4.78 is 13.5. The summed E-state index contributed by atoms with van der Waals surface area (Å²) in [6.07, 6.45) is 0. The molecule has 0 aliphatic heterocycles. The van der Waals surface area contributed by atoms with Crippen molar-refractivity contribution in [2.45, 2.75) is 16.4 Å². The number of nitro groups is 1. The Hall–Kier alpha value is -1.92. The van der Waals surface area contributed by atoms with Gasteiger partial charge in [-0.2, -0.15) is 0 Å². The standard InChI is InChI=1S/C13H10FNO3S/c14-12-2-1-3-13(11(12)8-16)19-10-6-4-9(5-7-10)15(17)18/h1-7,16H,8H2. The molecule has 19 heavy (non-hydrogen) atoms. The molecule has 0 fully saturated rings. The number of aliphatic hydroxyl groups is 1. The van der Waals surface area contributed by atoms with Crippen LogP contribution in [0.25, 0.3) is 0 Å². The highest BCUT2D eigenvalue weighted by atomic mass is 32.2. The lowest BCUT2D eigenvalue weighted by molar-refractivity contribution is -0.384. The van der Waals surface area contributed by atoms with Crippen LogP contribution in [0.4, 0.5) is 10.1 Å². The summed E-state index contributed by atoms with van der Waals surface area (Å²) in [6.45, 7) is -0.387. The fourth-order valence-corrected chi connectivity index (χ4v) is 2.51. The lowest BCUT2D eigenvalue weighted by Gasteiger charge is -2.07. The van der Waals surface area contributed by atoms with Gasteiger partial charge in [0.25, 0.3) is 5.69 Å². The van der Waals surface area contributed by atoms with E-state index in [2.05, 4.69) is 0 Å². The molecular weight excluding hydrogens is 269 g/mol. The van der Waals surface area contributed by atoms with Crippen LogP contribution >= 0.6 is 11.8 Å². The zero-order chi connectivity index (χ0) is 13.8. The number of aliphatic hydroxyl groups excluding tert-OH is 1. The number of hydrogen-bond acceptors (Lipinski definition) is 4. The Morgan fingerprint density at radius 3 is 2.47 bits per heavy atom. The van der Waals surface area contributed by atoms with E-state index in [1.165, 1.54) is 30.0 Å². The van der Waals surface area contributed by atoms with Crippen molar-refractivity contribution < 1.29 is 14.4 Å². The van der Waals surface area contributed by atoms with Gasteiger partial charge in [-0.3, -0.25) is 10.1 Å².